The van der Waals surface area contributed by atoms with E-state index in [1.807, 2.05) is 0 Å². The summed E-state index contributed by atoms with van der Waals surface area (Å²) >= 11 is 0. The molecule has 0 spiro atoms. The number of fused-ring (bicyclic) bond motifs is 5. The van der Waals surface area contributed by atoms with Gasteiger partial charge in [-0.25, -0.2) is 4.39 Å². The molecule has 4 rings (SSSR count). The zero-order chi connectivity index (χ0) is 14.6. The van der Waals surface area contributed by atoms with E-state index in [9.17, 15) is 4.39 Å². The fourth-order valence-electron chi connectivity index (χ4n) is 5.61. The molecule has 2 saturated carbocycles. The molecule has 3 aliphatic carbocycles. The second-order valence-corrected chi connectivity index (χ2v) is 7.57. The third kappa shape index (κ3) is 1.87. The van der Waals surface area contributed by atoms with Gasteiger partial charge in [0.1, 0.15) is 11.9 Å². The Bertz CT molecular complexity index is 554. The number of benzene rings is 1. The third-order valence-corrected chi connectivity index (χ3v) is 6.82. The van der Waals surface area contributed by atoms with Crippen molar-refractivity contribution in [2.24, 2.45) is 17.3 Å². The van der Waals surface area contributed by atoms with Crippen LogP contribution in [-0.4, -0.2) is 13.3 Å². The molecule has 0 bridgehead atoms. The summed E-state index contributed by atoms with van der Waals surface area (Å²) < 4.78 is 19.8. The molecular formula is C19H25FO. The van der Waals surface area contributed by atoms with Gasteiger partial charge in [-0.05, 0) is 79.5 Å². The Labute approximate surface area is 126 Å². The fraction of sp³-hybridized carbons (Fsp3) is 0.684. The highest BCUT2D eigenvalue weighted by Crippen LogP contribution is 2.61. The lowest BCUT2D eigenvalue weighted by atomic mass is 9.55. The topological polar surface area (TPSA) is 9.23 Å². The minimum atomic E-state index is -0.574. The molecule has 0 amide bonds. The second kappa shape index (κ2) is 4.72. The van der Waals surface area contributed by atoms with E-state index in [1.54, 1.807) is 7.11 Å². The maximum absolute atomic E-state index is 14.4. The lowest BCUT2D eigenvalue weighted by Crippen LogP contribution is -2.42. The molecule has 1 nitrogen and oxygen atoms in total. The van der Waals surface area contributed by atoms with E-state index in [4.69, 9.17) is 4.74 Å². The van der Waals surface area contributed by atoms with Crippen LogP contribution in [0.4, 0.5) is 4.39 Å². The molecule has 1 aromatic carbocycles. The van der Waals surface area contributed by atoms with Crippen LogP contribution in [0.25, 0.3) is 0 Å². The van der Waals surface area contributed by atoms with E-state index < -0.39 is 6.17 Å². The Morgan fingerprint density at radius 1 is 1.19 bits per heavy atom. The summed E-state index contributed by atoms with van der Waals surface area (Å²) in [5, 5.41) is 0. The average Bonchev–Trinajstić information content (AvgIpc) is 2.82. The van der Waals surface area contributed by atoms with Crippen LogP contribution in [0, 0.1) is 17.3 Å². The number of methoxy groups -OCH3 is 1. The summed E-state index contributed by atoms with van der Waals surface area (Å²) in [6.45, 7) is 2.21. The molecule has 0 heterocycles. The molecule has 0 radical (unpaired) electrons. The van der Waals surface area contributed by atoms with Gasteiger partial charge in [0.15, 0.2) is 0 Å². The molecular weight excluding hydrogens is 263 g/mol. The number of ether oxygens (including phenoxy) is 1. The molecule has 21 heavy (non-hydrogen) atoms. The number of aryl methyl sites for hydroxylation is 1. The van der Waals surface area contributed by atoms with Gasteiger partial charge < -0.3 is 4.74 Å². The van der Waals surface area contributed by atoms with Crippen molar-refractivity contribution in [3.8, 4) is 5.75 Å². The van der Waals surface area contributed by atoms with Gasteiger partial charge in [-0.2, -0.15) is 0 Å². The number of halogens is 1. The van der Waals surface area contributed by atoms with Crippen LogP contribution < -0.4 is 4.74 Å². The molecule has 3 aliphatic rings. The van der Waals surface area contributed by atoms with Crippen molar-refractivity contribution >= 4 is 0 Å². The van der Waals surface area contributed by atoms with E-state index in [2.05, 4.69) is 25.1 Å². The lowest BCUT2D eigenvalue weighted by Gasteiger charge is -2.49. The van der Waals surface area contributed by atoms with Crippen LogP contribution in [0.1, 0.15) is 56.1 Å². The van der Waals surface area contributed by atoms with Crippen LogP contribution in [0.2, 0.25) is 0 Å². The summed E-state index contributed by atoms with van der Waals surface area (Å²) in [4.78, 5) is 0. The van der Waals surface area contributed by atoms with Crippen LogP contribution in [0.15, 0.2) is 18.2 Å². The highest BCUT2D eigenvalue weighted by molar-refractivity contribution is 5.41. The molecule has 114 valence electrons. The van der Waals surface area contributed by atoms with Crippen molar-refractivity contribution in [2.75, 3.05) is 7.11 Å². The fourth-order valence-corrected chi connectivity index (χ4v) is 5.61. The van der Waals surface area contributed by atoms with Gasteiger partial charge in [-0.15, -0.1) is 0 Å². The van der Waals surface area contributed by atoms with Crippen molar-refractivity contribution in [2.45, 2.75) is 57.5 Å². The summed E-state index contributed by atoms with van der Waals surface area (Å²) in [5.41, 5.74) is 2.95. The Hall–Kier alpha value is -1.05. The summed E-state index contributed by atoms with van der Waals surface area (Å²) in [6, 6.07) is 6.57. The largest absolute Gasteiger partial charge is 0.497 e. The average molecular weight is 288 g/mol. The van der Waals surface area contributed by atoms with Gasteiger partial charge in [-0.3, -0.25) is 0 Å². The summed E-state index contributed by atoms with van der Waals surface area (Å²) in [7, 11) is 1.74. The van der Waals surface area contributed by atoms with E-state index in [1.165, 1.54) is 17.5 Å². The van der Waals surface area contributed by atoms with Gasteiger partial charge in [0.2, 0.25) is 0 Å². The SMILES string of the molecule is COc1ccc2c(c1)[C@H]1CC[C@]3(C)[C@H](F)CC[C@H]3[C@@H]1CC2. The Balaban J connectivity index is 1.71. The van der Waals surface area contributed by atoms with Crippen molar-refractivity contribution in [3.05, 3.63) is 29.3 Å². The molecule has 0 saturated heterocycles. The van der Waals surface area contributed by atoms with E-state index in [-0.39, 0.29) is 5.41 Å². The zero-order valence-electron chi connectivity index (χ0n) is 13.1. The van der Waals surface area contributed by atoms with Gasteiger partial charge in [0.05, 0.1) is 7.11 Å². The van der Waals surface area contributed by atoms with Gasteiger partial charge >= 0.3 is 0 Å². The Kier molecular flexibility index (Phi) is 3.06. The molecule has 5 atom stereocenters. The molecule has 2 heteroatoms. The normalized spacial score (nSPS) is 41.1. The Morgan fingerprint density at radius 3 is 2.86 bits per heavy atom. The highest BCUT2D eigenvalue weighted by Gasteiger charge is 2.55. The monoisotopic (exact) mass is 288 g/mol. The van der Waals surface area contributed by atoms with Gasteiger partial charge in [0, 0.05) is 5.41 Å². The molecule has 1 aromatic rings. The molecule has 0 aliphatic heterocycles. The molecule has 2 fully saturated rings. The third-order valence-electron chi connectivity index (χ3n) is 6.82. The van der Waals surface area contributed by atoms with Crippen LogP contribution in [-0.2, 0) is 6.42 Å². The summed E-state index contributed by atoms with van der Waals surface area (Å²) in [5.74, 6) is 2.87. The van der Waals surface area contributed by atoms with Crippen LogP contribution in [0.3, 0.4) is 0 Å². The zero-order valence-corrected chi connectivity index (χ0v) is 13.1. The molecule has 0 unspecified atom stereocenters. The quantitative estimate of drug-likeness (QED) is 0.715. The van der Waals surface area contributed by atoms with E-state index in [0.717, 1.165) is 37.9 Å². The first kappa shape index (κ1) is 13.6. The summed E-state index contributed by atoms with van der Waals surface area (Å²) in [6.07, 6.45) is 5.92. The maximum atomic E-state index is 14.4. The first-order chi connectivity index (χ1) is 10.1. The maximum Gasteiger partial charge on any atom is 0.119 e. The standard InChI is InChI=1S/C19H25FO/c1-19-10-9-14-15(17(19)7-8-18(19)20)6-4-12-3-5-13(21-2)11-16(12)14/h3,5,11,14-15,17-18H,4,6-10H2,1-2H3/t14-,15+,17-,18+,19-/m0/s1. The predicted octanol–water partition coefficient (Wildman–Crippen LogP) is 4.89. The van der Waals surface area contributed by atoms with Crippen molar-refractivity contribution < 1.29 is 9.13 Å². The number of hydrogen-bond acceptors (Lipinski definition) is 1. The van der Waals surface area contributed by atoms with Gasteiger partial charge in [0.25, 0.3) is 0 Å². The minimum Gasteiger partial charge on any atom is -0.497 e. The van der Waals surface area contributed by atoms with Gasteiger partial charge in [-0.1, -0.05) is 13.0 Å². The molecule has 0 N–H and O–H groups in total. The Morgan fingerprint density at radius 2 is 2.05 bits per heavy atom. The lowest BCUT2D eigenvalue weighted by molar-refractivity contribution is 0.0143. The van der Waals surface area contributed by atoms with Crippen molar-refractivity contribution in [1.29, 1.82) is 0 Å². The number of rotatable bonds is 1. The highest BCUT2D eigenvalue weighted by atomic mass is 19.1. The van der Waals surface area contributed by atoms with E-state index in [0.29, 0.717) is 17.8 Å². The van der Waals surface area contributed by atoms with Crippen LogP contribution >= 0.6 is 0 Å². The smallest absolute Gasteiger partial charge is 0.119 e. The molecule has 0 aromatic heterocycles. The van der Waals surface area contributed by atoms with Crippen LogP contribution in [0.5, 0.6) is 5.75 Å². The minimum absolute atomic E-state index is 0.0441. The number of alkyl halides is 1. The number of hydrogen-bond donors (Lipinski definition) is 0. The van der Waals surface area contributed by atoms with E-state index >= 15 is 0 Å². The second-order valence-electron chi connectivity index (χ2n) is 7.57. The van der Waals surface area contributed by atoms with Crippen molar-refractivity contribution in [1.82, 2.24) is 0 Å². The van der Waals surface area contributed by atoms with Crippen molar-refractivity contribution in [3.63, 3.8) is 0 Å². The predicted molar refractivity (Wildman–Crippen MR) is 82.5 cm³/mol. The first-order valence-corrected chi connectivity index (χ1v) is 8.44. The first-order valence-electron chi connectivity index (χ1n) is 8.44.